The zero-order valence-corrected chi connectivity index (χ0v) is 9.55. The van der Waals surface area contributed by atoms with Gasteiger partial charge in [0.25, 0.3) is 0 Å². The molecule has 0 saturated carbocycles. The minimum Gasteiger partial charge on any atom is -0.295 e. The highest BCUT2D eigenvalue weighted by Gasteiger charge is 2.27. The van der Waals surface area contributed by atoms with Crippen LogP contribution in [0.25, 0.3) is 0 Å². The van der Waals surface area contributed by atoms with E-state index in [4.69, 9.17) is 11.6 Å². The van der Waals surface area contributed by atoms with Crippen molar-refractivity contribution < 1.29 is 4.79 Å². The van der Waals surface area contributed by atoms with Crippen molar-refractivity contribution >= 4 is 23.5 Å². The molecular formula is C11H9ClN4O. The second-order valence-electron chi connectivity index (χ2n) is 3.85. The van der Waals surface area contributed by atoms with Crippen molar-refractivity contribution in [2.45, 2.75) is 12.5 Å². The molecule has 2 aromatic rings. The summed E-state index contributed by atoms with van der Waals surface area (Å²) in [6.07, 6.45) is 1.77. The molecule has 1 atom stereocenters. The van der Waals surface area contributed by atoms with Gasteiger partial charge in [-0.05, 0) is 17.7 Å². The van der Waals surface area contributed by atoms with Crippen LogP contribution in [-0.2, 0) is 4.79 Å². The molecular weight excluding hydrogens is 240 g/mol. The summed E-state index contributed by atoms with van der Waals surface area (Å²) >= 11 is 5.96. The molecule has 0 saturated heterocycles. The summed E-state index contributed by atoms with van der Waals surface area (Å²) < 4.78 is 1.70. The number of halogens is 1. The Morgan fingerprint density at radius 1 is 1.47 bits per heavy atom. The SMILES string of the molecule is O=C1CC(c2cccc(Cl)c2)n2ncnc2N1. The summed E-state index contributed by atoms with van der Waals surface area (Å²) in [6, 6.07) is 7.30. The van der Waals surface area contributed by atoms with Crippen molar-refractivity contribution in [3.8, 4) is 0 Å². The standard InChI is InChI=1S/C11H9ClN4O/c12-8-3-1-2-7(4-8)9-5-10(17)15-11-13-6-14-16(9)11/h1-4,6,9H,5H2,(H,13,14,15,17). The van der Waals surface area contributed by atoms with Crippen molar-refractivity contribution in [1.82, 2.24) is 14.8 Å². The number of anilines is 1. The van der Waals surface area contributed by atoms with Crippen molar-refractivity contribution in [3.05, 3.63) is 41.2 Å². The summed E-state index contributed by atoms with van der Waals surface area (Å²) in [5.41, 5.74) is 0.958. The third kappa shape index (κ3) is 1.78. The van der Waals surface area contributed by atoms with E-state index in [0.717, 1.165) is 5.56 Å². The lowest BCUT2D eigenvalue weighted by Gasteiger charge is -2.23. The first-order valence-corrected chi connectivity index (χ1v) is 5.56. The highest BCUT2D eigenvalue weighted by Crippen LogP contribution is 2.29. The van der Waals surface area contributed by atoms with Gasteiger partial charge in [0.15, 0.2) is 0 Å². The zero-order valence-electron chi connectivity index (χ0n) is 8.80. The Labute approximate surface area is 102 Å². The molecule has 2 heterocycles. The molecule has 6 heteroatoms. The molecule has 1 N–H and O–H groups in total. The lowest BCUT2D eigenvalue weighted by atomic mass is 10.0. The van der Waals surface area contributed by atoms with Gasteiger partial charge >= 0.3 is 0 Å². The first-order chi connectivity index (χ1) is 8.24. The maximum atomic E-state index is 11.6. The molecule has 86 valence electrons. The third-order valence-corrected chi connectivity index (χ3v) is 2.97. The number of nitrogens with one attached hydrogen (secondary N) is 1. The molecule has 0 fully saturated rings. The Bertz CT molecular complexity index is 580. The minimum atomic E-state index is -0.139. The molecule has 0 aliphatic carbocycles. The summed E-state index contributed by atoms with van der Waals surface area (Å²) in [5.74, 6) is 0.418. The smallest absolute Gasteiger partial charge is 0.229 e. The summed E-state index contributed by atoms with van der Waals surface area (Å²) in [7, 11) is 0. The van der Waals surface area contributed by atoms with Crippen LogP contribution >= 0.6 is 11.6 Å². The molecule has 0 bridgehead atoms. The first kappa shape index (κ1) is 10.3. The van der Waals surface area contributed by atoms with Crippen LogP contribution in [0.15, 0.2) is 30.6 Å². The van der Waals surface area contributed by atoms with E-state index in [9.17, 15) is 4.79 Å². The van der Waals surface area contributed by atoms with Crippen LogP contribution in [0.4, 0.5) is 5.95 Å². The van der Waals surface area contributed by atoms with E-state index in [2.05, 4.69) is 15.4 Å². The number of carbonyl (C=O) groups is 1. The maximum absolute atomic E-state index is 11.6. The molecule has 3 rings (SSSR count). The van der Waals surface area contributed by atoms with Crippen LogP contribution in [0.1, 0.15) is 18.0 Å². The molecule has 0 spiro atoms. The van der Waals surface area contributed by atoms with Gasteiger partial charge in [-0.1, -0.05) is 23.7 Å². The van der Waals surface area contributed by atoms with Gasteiger partial charge in [-0.15, -0.1) is 0 Å². The second-order valence-corrected chi connectivity index (χ2v) is 4.29. The van der Waals surface area contributed by atoms with E-state index in [1.165, 1.54) is 6.33 Å². The average molecular weight is 249 g/mol. The van der Waals surface area contributed by atoms with Gasteiger partial charge in [-0.2, -0.15) is 10.1 Å². The number of nitrogens with zero attached hydrogens (tertiary/aromatic N) is 3. The largest absolute Gasteiger partial charge is 0.295 e. The van der Waals surface area contributed by atoms with Crippen LogP contribution in [-0.4, -0.2) is 20.7 Å². The average Bonchev–Trinajstić information content (AvgIpc) is 2.75. The number of amides is 1. The van der Waals surface area contributed by atoms with Crippen molar-refractivity contribution in [1.29, 1.82) is 0 Å². The van der Waals surface area contributed by atoms with Gasteiger partial charge in [0, 0.05) is 5.02 Å². The van der Waals surface area contributed by atoms with Crippen molar-refractivity contribution in [2.24, 2.45) is 0 Å². The number of hydrogen-bond donors (Lipinski definition) is 1. The Hall–Kier alpha value is -1.88. The lowest BCUT2D eigenvalue weighted by Crippen LogP contribution is -2.29. The highest BCUT2D eigenvalue weighted by atomic mass is 35.5. The summed E-state index contributed by atoms with van der Waals surface area (Å²) in [4.78, 5) is 15.6. The minimum absolute atomic E-state index is 0.0597. The van der Waals surface area contributed by atoms with E-state index in [-0.39, 0.29) is 11.9 Å². The van der Waals surface area contributed by atoms with Gasteiger partial charge in [-0.3, -0.25) is 10.1 Å². The van der Waals surface area contributed by atoms with E-state index in [0.29, 0.717) is 17.4 Å². The van der Waals surface area contributed by atoms with Crippen LogP contribution < -0.4 is 5.32 Å². The quantitative estimate of drug-likeness (QED) is 0.838. The van der Waals surface area contributed by atoms with Gasteiger partial charge in [0.05, 0.1) is 12.5 Å². The van der Waals surface area contributed by atoms with E-state index in [1.54, 1.807) is 10.7 Å². The number of benzene rings is 1. The zero-order chi connectivity index (χ0) is 11.8. The van der Waals surface area contributed by atoms with Crippen molar-refractivity contribution in [2.75, 3.05) is 5.32 Å². The highest BCUT2D eigenvalue weighted by molar-refractivity contribution is 6.30. The normalized spacial score (nSPS) is 18.6. The molecule has 1 amide bonds. The number of carbonyl (C=O) groups excluding carboxylic acids is 1. The number of rotatable bonds is 1. The number of aromatic nitrogens is 3. The molecule has 1 aliphatic heterocycles. The van der Waals surface area contributed by atoms with Crippen LogP contribution in [0, 0.1) is 0 Å². The van der Waals surface area contributed by atoms with Crippen molar-refractivity contribution in [3.63, 3.8) is 0 Å². The van der Waals surface area contributed by atoms with E-state index >= 15 is 0 Å². The van der Waals surface area contributed by atoms with Gasteiger partial charge < -0.3 is 0 Å². The Balaban J connectivity index is 2.08. The van der Waals surface area contributed by atoms with Gasteiger partial charge in [0.1, 0.15) is 6.33 Å². The topological polar surface area (TPSA) is 59.8 Å². The van der Waals surface area contributed by atoms with E-state index in [1.807, 2.05) is 18.2 Å². The fourth-order valence-corrected chi connectivity index (χ4v) is 2.18. The van der Waals surface area contributed by atoms with Crippen LogP contribution in [0.5, 0.6) is 0 Å². The fourth-order valence-electron chi connectivity index (χ4n) is 1.98. The Morgan fingerprint density at radius 2 is 2.35 bits per heavy atom. The first-order valence-electron chi connectivity index (χ1n) is 5.19. The third-order valence-electron chi connectivity index (χ3n) is 2.73. The number of fused-ring (bicyclic) bond motifs is 1. The van der Waals surface area contributed by atoms with E-state index < -0.39 is 0 Å². The van der Waals surface area contributed by atoms with Gasteiger partial charge in [0.2, 0.25) is 11.9 Å². The lowest BCUT2D eigenvalue weighted by molar-refractivity contribution is -0.117. The summed E-state index contributed by atoms with van der Waals surface area (Å²) in [5, 5.41) is 7.45. The molecule has 1 aromatic carbocycles. The van der Waals surface area contributed by atoms with Crippen LogP contribution in [0.3, 0.4) is 0 Å². The Morgan fingerprint density at radius 3 is 3.18 bits per heavy atom. The molecule has 1 unspecified atom stereocenters. The molecule has 0 radical (unpaired) electrons. The molecule has 5 nitrogen and oxygen atoms in total. The molecule has 17 heavy (non-hydrogen) atoms. The van der Waals surface area contributed by atoms with Crippen LogP contribution in [0.2, 0.25) is 5.02 Å². The summed E-state index contributed by atoms with van der Waals surface area (Å²) in [6.45, 7) is 0. The second kappa shape index (κ2) is 3.85. The molecule has 1 aliphatic rings. The van der Waals surface area contributed by atoms with Gasteiger partial charge in [-0.25, -0.2) is 4.68 Å². The predicted octanol–water partition coefficient (Wildman–Crippen LogP) is 1.86. The number of hydrogen-bond acceptors (Lipinski definition) is 3. The predicted molar refractivity (Wildman–Crippen MR) is 62.9 cm³/mol. The maximum Gasteiger partial charge on any atom is 0.229 e. The Kier molecular flexibility index (Phi) is 2.33. The molecule has 1 aromatic heterocycles. The monoisotopic (exact) mass is 248 g/mol. The fraction of sp³-hybridized carbons (Fsp3) is 0.182.